The van der Waals surface area contributed by atoms with E-state index >= 15 is 0 Å². The molecule has 1 heterocycles. The lowest BCUT2D eigenvalue weighted by Gasteiger charge is -2.38. The van der Waals surface area contributed by atoms with Crippen LogP contribution in [0.2, 0.25) is 0 Å². The van der Waals surface area contributed by atoms with Crippen LogP contribution in [0.15, 0.2) is 24.3 Å². The largest absolute Gasteiger partial charge is 0.381 e. The SMILES string of the molecule is CC(C)C(C)C(=O)NCC1(c2ccc(F)cc2)CCOCC1. The van der Waals surface area contributed by atoms with Crippen LogP contribution in [0.4, 0.5) is 4.39 Å². The van der Waals surface area contributed by atoms with Crippen LogP contribution >= 0.6 is 0 Å². The molecule has 0 spiro atoms. The van der Waals surface area contributed by atoms with Gasteiger partial charge in [-0.2, -0.15) is 0 Å². The first kappa shape index (κ1) is 16.9. The average molecular weight is 307 g/mol. The van der Waals surface area contributed by atoms with Gasteiger partial charge in [0.1, 0.15) is 5.82 Å². The highest BCUT2D eigenvalue weighted by atomic mass is 19.1. The van der Waals surface area contributed by atoms with Crippen molar-refractivity contribution >= 4 is 5.91 Å². The maximum Gasteiger partial charge on any atom is 0.223 e. The molecule has 0 aromatic heterocycles. The molecule has 1 aliphatic heterocycles. The van der Waals surface area contributed by atoms with Crippen molar-refractivity contribution in [2.24, 2.45) is 11.8 Å². The smallest absolute Gasteiger partial charge is 0.223 e. The van der Waals surface area contributed by atoms with E-state index in [1.165, 1.54) is 12.1 Å². The minimum Gasteiger partial charge on any atom is -0.381 e. The van der Waals surface area contributed by atoms with Gasteiger partial charge in [0.25, 0.3) is 0 Å². The van der Waals surface area contributed by atoms with Crippen molar-refractivity contribution in [1.82, 2.24) is 5.32 Å². The normalized spacial score (nSPS) is 19.0. The first-order valence-electron chi connectivity index (χ1n) is 8.06. The first-order valence-corrected chi connectivity index (χ1v) is 8.06. The molecule has 1 N–H and O–H groups in total. The number of carbonyl (C=O) groups is 1. The molecule has 1 aromatic carbocycles. The van der Waals surface area contributed by atoms with Crippen LogP contribution < -0.4 is 5.32 Å². The molecule has 0 radical (unpaired) electrons. The molecule has 3 nitrogen and oxygen atoms in total. The second kappa shape index (κ2) is 7.23. The summed E-state index contributed by atoms with van der Waals surface area (Å²) in [6.45, 7) is 7.98. The quantitative estimate of drug-likeness (QED) is 0.906. The fourth-order valence-electron chi connectivity index (χ4n) is 2.85. The van der Waals surface area contributed by atoms with E-state index in [1.807, 2.05) is 19.1 Å². The number of rotatable bonds is 5. The molecule has 122 valence electrons. The standard InChI is InChI=1S/C18H26FNO2/c1-13(2)14(3)17(21)20-12-18(8-10-22-11-9-18)15-4-6-16(19)7-5-15/h4-7,13-14H,8-12H2,1-3H3,(H,20,21). The van der Waals surface area contributed by atoms with Gasteiger partial charge < -0.3 is 10.1 Å². The van der Waals surface area contributed by atoms with Crippen LogP contribution in [0.25, 0.3) is 0 Å². The minimum absolute atomic E-state index is 0.00916. The lowest BCUT2D eigenvalue weighted by atomic mass is 9.74. The highest BCUT2D eigenvalue weighted by molar-refractivity contribution is 5.78. The Balaban J connectivity index is 2.12. The fourth-order valence-corrected chi connectivity index (χ4v) is 2.85. The second-order valence-electron chi connectivity index (χ2n) is 6.65. The van der Waals surface area contributed by atoms with Gasteiger partial charge in [0, 0.05) is 31.1 Å². The zero-order chi connectivity index (χ0) is 16.2. The average Bonchev–Trinajstić information content (AvgIpc) is 2.53. The highest BCUT2D eigenvalue weighted by Gasteiger charge is 2.35. The van der Waals surface area contributed by atoms with Crippen LogP contribution in [0.3, 0.4) is 0 Å². The summed E-state index contributed by atoms with van der Waals surface area (Å²) in [5, 5.41) is 3.10. The number of amides is 1. The van der Waals surface area contributed by atoms with Crippen LogP contribution in [-0.4, -0.2) is 25.7 Å². The molecular weight excluding hydrogens is 281 g/mol. The molecule has 4 heteroatoms. The summed E-state index contributed by atoms with van der Waals surface area (Å²) in [6.07, 6.45) is 1.68. The Morgan fingerprint density at radius 1 is 1.23 bits per heavy atom. The molecule has 1 unspecified atom stereocenters. The van der Waals surface area contributed by atoms with Gasteiger partial charge in [-0.1, -0.05) is 32.9 Å². The van der Waals surface area contributed by atoms with E-state index in [2.05, 4.69) is 19.2 Å². The monoisotopic (exact) mass is 307 g/mol. The van der Waals surface area contributed by atoms with Gasteiger partial charge in [-0.15, -0.1) is 0 Å². The third kappa shape index (κ3) is 3.86. The van der Waals surface area contributed by atoms with E-state index in [0.717, 1.165) is 18.4 Å². The Hall–Kier alpha value is -1.42. The molecule has 0 bridgehead atoms. The zero-order valence-corrected chi connectivity index (χ0v) is 13.7. The van der Waals surface area contributed by atoms with Crippen LogP contribution in [-0.2, 0) is 14.9 Å². The van der Waals surface area contributed by atoms with Crippen LogP contribution in [0, 0.1) is 17.7 Å². The van der Waals surface area contributed by atoms with E-state index in [0.29, 0.717) is 25.7 Å². The van der Waals surface area contributed by atoms with Gasteiger partial charge in [-0.05, 0) is 36.5 Å². The number of benzene rings is 1. The molecule has 1 amide bonds. The van der Waals surface area contributed by atoms with E-state index < -0.39 is 0 Å². The summed E-state index contributed by atoms with van der Waals surface area (Å²) >= 11 is 0. The summed E-state index contributed by atoms with van der Waals surface area (Å²) < 4.78 is 18.7. The van der Waals surface area contributed by atoms with Crippen LogP contribution in [0.5, 0.6) is 0 Å². The van der Waals surface area contributed by atoms with Crippen LogP contribution in [0.1, 0.15) is 39.2 Å². The number of hydrogen-bond acceptors (Lipinski definition) is 2. The summed E-state index contributed by atoms with van der Waals surface area (Å²) in [5.41, 5.74) is 0.924. The first-order chi connectivity index (χ1) is 10.4. The molecule has 22 heavy (non-hydrogen) atoms. The predicted molar refractivity (Wildman–Crippen MR) is 85.1 cm³/mol. The molecule has 0 saturated carbocycles. The van der Waals surface area contributed by atoms with Crippen molar-refractivity contribution in [2.75, 3.05) is 19.8 Å². The zero-order valence-electron chi connectivity index (χ0n) is 13.7. The molecule has 0 aliphatic carbocycles. The third-order valence-electron chi connectivity index (χ3n) is 4.92. The molecule has 1 aliphatic rings. The van der Waals surface area contributed by atoms with Gasteiger partial charge >= 0.3 is 0 Å². The molecule has 1 atom stereocenters. The Kier molecular flexibility index (Phi) is 5.57. The topological polar surface area (TPSA) is 38.3 Å². The van der Waals surface area contributed by atoms with Crippen molar-refractivity contribution in [3.8, 4) is 0 Å². The maximum atomic E-state index is 13.2. The summed E-state index contributed by atoms with van der Waals surface area (Å²) in [7, 11) is 0. The number of nitrogens with one attached hydrogen (secondary N) is 1. The molecule has 1 saturated heterocycles. The third-order valence-corrected chi connectivity index (χ3v) is 4.92. The van der Waals surface area contributed by atoms with Gasteiger partial charge in [0.05, 0.1) is 0 Å². The summed E-state index contributed by atoms with van der Waals surface area (Å²) in [4.78, 5) is 12.3. The van der Waals surface area contributed by atoms with E-state index in [-0.39, 0.29) is 23.1 Å². The second-order valence-corrected chi connectivity index (χ2v) is 6.65. The fraction of sp³-hybridized carbons (Fsp3) is 0.611. The summed E-state index contributed by atoms with van der Waals surface area (Å²) in [6, 6.07) is 6.65. The van der Waals surface area contributed by atoms with Crippen molar-refractivity contribution in [2.45, 2.75) is 39.0 Å². The lowest BCUT2D eigenvalue weighted by molar-refractivity contribution is -0.126. The predicted octanol–water partition coefficient (Wildman–Crippen LogP) is 3.28. The van der Waals surface area contributed by atoms with Crippen molar-refractivity contribution < 1.29 is 13.9 Å². The number of ether oxygens (including phenoxy) is 1. The van der Waals surface area contributed by atoms with Crippen molar-refractivity contribution in [3.63, 3.8) is 0 Å². The van der Waals surface area contributed by atoms with Crippen molar-refractivity contribution in [3.05, 3.63) is 35.6 Å². The van der Waals surface area contributed by atoms with E-state index in [9.17, 15) is 9.18 Å². The molecular formula is C18H26FNO2. The van der Waals surface area contributed by atoms with Gasteiger partial charge in [-0.3, -0.25) is 4.79 Å². The maximum absolute atomic E-state index is 13.2. The Morgan fingerprint density at radius 3 is 2.36 bits per heavy atom. The van der Waals surface area contributed by atoms with Crippen molar-refractivity contribution in [1.29, 1.82) is 0 Å². The Morgan fingerprint density at radius 2 is 1.82 bits per heavy atom. The summed E-state index contributed by atoms with van der Waals surface area (Å²) in [5.74, 6) is 0.160. The van der Waals surface area contributed by atoms with Gasteiger partial charge in [0.15, 0.2) is 0 Å². The van der Waals surface area contributed by atoms with Gasteiger partial charge in [-0.25, -0.2) is 4.39 Å². The number of carbonyl (C=O) groups excluding carboxylic acids is 1. The minimum atomic E-state index is -0.233. The van der Waals surface area contributed by atoms with E-state index in [4.69, 9.17) is 4.74 Å². The molecule has 1 aromatic rings. The van der Waals surface area contributed by atoms with E-state index in [1.54, 1.807) is 0 Å². The lowest BCUT2D eigenvalue weighted by Crippen LogP contribution is -2.46. The molecule has 2 rings (SSSR count). The molecule has 1 fully saturated rings. The Bertz CT molecular complexity index is 492. The Labute approximate surface area is 132 Å². The number of hydrogen-bond donors (Lipinski definition) is 1. The number of halogens is 1. The highest BCUT2D eigenvalue weighted by Crippen LogP contribution is 2.34. The van der Waals surface area contributed by atoms with Gasteiger partial charge in [0.2, 0.25) is 5.91 Å².